The Morgan fingerprint density at radius 2 is 1.88 bits per heavy atom. The highest BCUT2D eigenvalue weighted by Crippen LogP contribution is 2.25. The van der Waals surface area contributed by atoms with Crippen LogP contribution < -0.4 is 0 Å². The summed E-state index contributed by atoms with van der Waals surface area (Å²) in [6, 6.07) is 12.2. The maximum absolute atomic E-state index is 13.2. The number of carbonyl (C=O) groups is 2. The number of hydrogen-bond acceptors (Lipinski definition) is 4. The van der Waals surface area contributed by atoms with E-state index in [0.29, 0.717) is 32.7 Å². The van der Waals surface area contributed by atoms with Crippen LogP contribution in [0.15, 0.2) is 42.6 Å². The van der Waals surface area contributed by atoms with Gasteiger partial charge in [-0.3, -0.25) is 14.3 Å². The molecule has 32 heavy (non-hydrogen) atoms. The summed E-state index contributed by atoms with van der Waals surface area (Å²) in [4.78, 5) is 29.9. The molecule has 172 valence electrons. The fourth-order valence-electron chi connectivity index (χ4n) is 4.73. The molecule has 0 unspecified atom stereocenters. The molecule has 2 heterocycles. The van der Waals surface area contributed by atoms with Crippen molar-refractivity contribution in [2.24, 2.45) is 0 Å². The van der Waals surface area contributed by atoms with Crippen LogP contribution in [0.4, 0.5) is 0 Å². The van der Waals surface area contributed by atoms with Crippen LogP contribution in [0, 0.1) is 6.92 Å². The zero-order chi connectivity index (χ0) is 22.3. The minimum Gasteiger partial charge on any atom is -0.370 e. The topological polar surface area (TPSA) is 67.7 Å². The molecule has 2 aliphatic rings. The van der Waals surface area contributed by atoms with Gasteiger partial charge in [-0.15, -0.1) is 0 Å². The number of nitrogens with zero attached hydrogens (tertiary/aromatic N) is 4. The van der Waals surface area contributed by atoms with Crippen molar-refractivity contribution in [3.05, 3.63) is 53.9 Å². The summed E-state index contributed by atoms with van der Waals surface area (Å²) in [5.41, 5.74) is 2.03. The van der Waals surface area contributed by atoms with Crippen molar-refractivity contribution in [2.75, 3.05) is 19.6 Å². The highest BCUT2D eigenvalue weighted by molar-refractivity contribution is 5.85. The summed E-state index contributed by atoms with van der Waals surface area (Å²) in [5.74, 6) is 0.0244. The molecule has 1 aromatic carbocycles. The molecule has 2 amide bonds. The van der Waals surface area contributed by atoms with Crippen LogP contribution in [0.5, 0.6) is 0 Å². The van der Waals surface area contributed by atoms with Crippen LogP contribution in [-0.4, -0.2) is 63.2 Å². The molecule has 2 aromatic rings. The number of aryl methyl sites for hydroxylation is 2. The van der Waals surface area contributed by atoms with Crippen LogP contribution in [0.25, 0.3) is 0 Å². The van der Waals surface area contributed by atoms with Crippen LogP contribution >= 0.6 is 0 Å². The molecule has 2 fully saturated rings. The lowest BCUT2D eigenvalue weighted by Gasteiger charge is -2.34. The van der Waals surface area contributed by atoms with E-state index < -0.39 is 0 Å². The van der Waals surface area contributed by atoms with E-state index in [1.54, 1.807) is 9.58 Å². The van der Waals surface area contributed by atoms with Crippen molar-refractivity contribution < 1.29 is 14.3 Å². The Kier molecular flexibility index (Phi) is 7.58. The third-order valence-electron chi connectivity index (χ3n) is 6.50. The molecule has 1 saturated carbocycles. The van der Waals surface area contributed by atoms with Crippen LogP contribution in [0.3, 0.4) is 0 Å². The van der Waals surface area contributed by atoms with Gasteiger partial charge in [0.1, 0.15) is 0 Å². The highest BCUT2D eigenvalue weighted by atomic mass is 16.5. The molecule has 1 saturated heterocycles. The predicted octanol–water partition coefficient (Wildman–Crippen LogP) is 3.17. The molecule has 1 aliphatic carbocycles. The number of carbonyl (C=O) groups excluding carboxylic acids is 2. The first-order valence-electron chi connectivity index (χ1n) is 11.8. The van der Waals surface area contributed by atoms with Gasteiger partial charge in [0.15, 0.2) is 0 Å². The Balaban J connectivity index is 1.43. The summed E-state index contributed by atoms with van der Waals surface area (Å²) in [5, 5.41) is 4.36. The monoisotopic (exact) mass is 438 g/mol. The summed E-state index contributed by atoms with van der Waals surface area (Å²) in [6.07, 6.45) is 7.67. The van der Waals surface area contributed by atoms with Gasteiger partial charge in [0, 0.05) is 38.3 Å². The SMILES string of the molecule is Cc1ccn(CCC(=O)N2CC(=O)N(C3CCCCC3)C[C@@H](OCc3ccccc3)C2)n1. The van der Waals surface area contributed by atoms with E-state index in [1.165, 1.54) is 6.42 Å². The van der Waals surface area contributed by atoms with Gasteiger partial charge in [-0.2, -0.15) is 5.10 Å². The Bertz CT molecular complexity index is 892. The summed E-state index contributed by atoms with van der Waals surface area (Å²) < 4.78 is 8.04. The predicted molar refractivity (Wildman–Crippen MR) is 122 cm³/mol. The Morgan fingerprint density at radius 3 is 2.59 bits per heavy atom. The highest BCUT2D eigenvalue weighted by Gasteiger charge is 2.34. The van der Waals surface area contributed by atoms with Crippen LogP contribution in [0.1, 0.15) is 49.8 Å². The van der Waals surface area contributed by atoms with Crippen molar-refractivity contribution in [2.45, 2.75) is 70.7 Å². The molecule has 7 heteroatoms. The average Bonchev–Trinajstić information content (AvgIpc) is 3.16. The van der Waals surface area contributed by atoms with Crippen molar-refractivity contribution in [1.29, 1.82) is 0 Å². The standard InChI is InChI=1S/C25H34N4O3/c1-20-12-14-28(26-20)15-13-24(30)27-16-23(32-19-21-8-4-2-5-9-21)17-29(25(31)18-27)22-10-6-3-7-11-22/h2,4-5,8-9,12,14,22-23H,3,6-7,10-11,13,15-19H2,1H3/t23-/m0/s1. The first-order chi connectivity index (χ1) is 15.6. The minimum atomic E-state index is -0.195. The van der Waals surface area contributed by atoms with E-state index in [0.717, 1.165) is 36.9 Å². The van der Waals surface area contributed by atoms with Gasteiger partial charge in [0.25, 0.3) is 0 Å². The molecule has 1 aliphatic heterocycles. The summed E-state index contributed by atoms with van der Waals surface area (Å²) in [6.45, 7) is 4.06. The Labute approximate surface area is 190 Å². The van der Waals surface area contributed by atoms with Gasteiger partial charge in [-0.1, -0.05) is 49.6 Å². The zero-order valence-corrected chi connectivity index (χ0v) is 19.0. The minimum absolute atomic E-state index is 0.0229. The fraction of sp³-hybridized carbons (Fsp3) is 0.560. The molecular formula is C25H34N4O3. The summed E-state index contributed by atoms with van der Waals surface area (Å²) in [7, 11) is 0. The van der Waals surface area contributed by atoms with Crippen molar-refractivity contribution >= 4 is 11.8 Å². The first-order valence-corrected chi connectivity index (χ1v) is 11.8. The van der Waals surface area contributed by atoms with Crippen LogP contribution in [-0.2, 0) is 27.5 Å². The number of benzene rings is 1. The largest absolute Gasteiger partial charge is 0.370 e. The molecule has 0 spiro atoms. The molecule has 0 N–H and O–H groups in total. The number of rotatable bonds is 7. The van der Waals surface area contributed by atoms with Gasteiger partial charge in [0.2, 0.25) is 11.8 Å². The van der Waals surface area contributed by atoms with Crippen LogP contribution in [0.2, 0.25) is 0 Å². The fourth-order valence-corrected chi connectivity index (χ4v) is 4.73. The van der Waals surface area contributed by atoms with Crippen molar-refractivity contribution in [1.82, 2.24) is 19.6 Å². The third-order valence-corrected chi connectivity index (χ3v) is 6.50. The van der Waals surface area contributed by atoms with Gasteiger partial charge >= 0.3 is 0 Å². The zero-order valence-electron chi connectivity index (χ0n) is 19.0. The van der Waals surface area contributed by atoms with Gasteiger partial charge in [-0.05, 0) is 31.4 Å². The van der Waals surface area contributed by atoms with Gasteiger partial charge < -0.3 is 14.5 Å². The Morgan fingerprint density at radius 1 is 1.09 bits per heavy atom. The molecule has 4 rings (SSSR count). The molecule has 1 aromatic heterocycles. The van der Waals surface area contributed by atoms with Gasteiger partial charge in [-0.25, -0.2) is 0 Å². The second-order valence-electron chi connectivity index (χ2n) is 9.00. The number of hydrogen-bond donors (Lipinski definition) is 0. The van der Waals surface area contributed by atoms with E-state index in [9.17, 15) is 9.59 Å². The second kappa shape index (κ2) is 10.8. The first kappa shape index (κ1) is 22.5. The van der Waals surface area contributed by atoms with E-state index in [4.69, 9.17) is 4.74 Å². The lowest BCUT2D eigenvalue weighted by molar-refractivity contribution is -0.140. The molecular weight excluding hydrogens is 404 g/mol. The van der Waals surface area contributed by atoms with E-state index in [2.05, 4.69) is 5.10 Å². The maximum Gasteiger partial charge on any atom is 0.242 e. The lowest BCUT2D eigenvalue weighted by Crippen LogP contribution is -2.46. The number of amides is 2. The second-order valence-corrected chi connectivity index (χ2v) is 9.00. The molecule has 1 atom stereocenters. The maximum atomic E-state index is 13.2. The molecule has 0 radical (unpaired) electrons. The van der Waals surface area contributed by atoms with Gasteiger partial charge in [0.05, 0.1) is 24.9 Å². The van der Waals surface area contributed by atoms with E-state index in [-0.39, 0.29) is 30.5 Å². The normalized spacial score (nSPS) is 20.4. The van der Waals surface area contributed by atoms with Crippen molar-refractivity contribution in [3.8, 4) is 0 Å². The van der Waals surface area contributed by atoms with Crippen molar-refractivity contribution in [3.63, 3.8) is 0 Å². The number of ether oxygens (including phenoxy) is 1. The average molecular weight is 439 g/mol. The Hall–Kier alpha value is -2.67. The summed E-state index contributed by atoms with van der Waals surface area (Å²) >= 11 is 0. The lowest BCUT2D eigenvalue weighted by atomic mass is 9.94. The van der Waals surface area contributed by atoms with E-state index in [1.807, 2.05) is 54.4 Å². The van der Waals surface area contributed by atoms with E-state index >= 15 is 0 Å². The smallest absolute Gasteiger partial charge is 0.242 e. The number of aromatic nitrogens is 2. The third kappa shape index (κ3) is 5.97. The molecule has 0 bridgehead atoms. The quantitative estimate of drug-likeness (QED) is 0.666. The molecule has 7 nitrogen and oxygen atoms in total.